The topological polar surface area (TPSA) is 13.1 Å². The number of rotatable bonds is 12. The van der Waals surface area contributed by atoms with Gasteiger partial charge in [0.25, 0.3) is 0 Å². The van der Waals surface area contributed by atoms with Gasteiger partial charge in [-0.3, -0.25) is 0 Å². The van der Waals surface area contributed by atoms with E-state index in [1.807, 2.05) is 6.07 Å². The molecule has 30 heavy (non-hydrogen) atoms. The molecule has 0 fully saturated rings. The fourth-order valence-corrected chi connectivity index (χ4v) is 20.5. The molecule has 160 valence electrons. The van der Waals surface area contributed by atoms with Gasteiger partial charge in [-0.15, -0.1) is 0 Å². The normalized spacial score (nSPS) is 12.2. The zero-order valence-corrected chi connectivity index (χ0v) is 22.0. The predicted molar refractivity (Wildman–Crippen MR) is 136 cm³/mol. The van der Waals surface area contributed by atoms with Gasteiger partial charge in [0.15, 0.2) is 0 Å². The number of unbranched alkanes of at least 4 members (excludes halogenated alkanes) is 3. The first kappa shape index (κ1) is 23.2. The summed E-state index contributed by atoms with van der Waals surface area (Å²) in [6.07, 6.45) is 12.3. The van der Waals surface area contributed by atoms with Crippen molar-refractivity contribution in [3.05, 3.63) is 65.9 Å². The third-order valence-corrected chi connectivity index (χ3v) is 22.0. The monoisotopic (exact) mass is 510 g/mol. The Morgan fingerprint density at radius 1 is 0.733 bits per heavy atom. The Kier molecular flexibility index (Phi) is 9.11. The van der Waals surface area contributed by atoms with Gasteiger partial charge in [-0.1, -0.05) is 0 Å². The number of fused-ring (bicyclic) bond motifs is 1. The molecule has 0 radical (unpaired) electrons. The second-order valence-electron chi connectivity index (χ2n) is 8.74. The summed E-state index contributed by atoms with van der Waals surface area (Å²) in [5.41, 5.74) is 2.28. The van der Waals surface area contributed by atoms with Crippen molar-refractivity contribution in [2.24, 2.45) is 0 Å². The third kappa shape index (κ3) is 6.03. The van der Waals surface area contributed by atoms with E-state index in [1.165, 1.54) is 62.8 Å². The summed E-state index contributed by atoms with van der Waals surface area (Å²) in [4.78, 5) is 0. The van der Waals surface area contributed by atoms with E-state index in [1.54, 1.807) is 3.58 Å². The van der Waals surface area contributed by atoms with Crippen molar-refractivity contribution in [3.8, 4) is 0 Å². The molecule has 0 aliphatic carbocycles. The van der Waals surface area contributed by atoms with Crippen molar-refractivity contribution in [2.45, 2.75) is 72.6 Å². The fourth-order valence-electron chi connectivity index (χ4n) is 4.56. The summed E-state index contributed by atoms with van der Waals surface area (Å²) < 4.78 is 12.5. The Morgan fingerprint density at radius 2 is 1.37 bits per heavy atom. The number of hydrogen-bond donors (Lipinski definition) is 0. The maximum absolute atomic E-state index is 6.29. The van der Waals surface area contributed by atoms with Crippen LogP contribution in [0.5, 0.6) is 0 Å². The van der Waals surface area contributed by atoms with Crippen LogP contribution in [0.25, 0.3) is 23.1 Å². The van der Waals surface area contributed by atoms with E-state index in [-0.39, 0.29) is 0 Å². The maximum atomic E-state index is 6.29. The molecule has 1 aromatic heterocycles. The standard InChI is InChI=1S/C16H11O.3C4H9.Sn/c1-2-6-13(7-3-1)10-11-15-12-14-8-4-5-9-16(14)17-15;3*1-3-4-2;/h1-4,6-12H;3*1,3-4H2,2H3;/b11-10+;;;;. The Bertz CT molecular complexity index is 900. The van der Waals surface area contributed by atoms with Gasteiger partial charge in [-0.25, -0.2) is 0 Å². The van der Waals surface area contributed by atoms with Gasteiger partial charge in [0, 0.05) is 0 Å². The molecule has 0 bridgehead atoms. The molecule has 0 spiro atoms. The van der Waals surface area contributed by atoms with E-state index in [0.29, 0.717) is 0 Å². The minimum absolute atomic E-state index is 0.947. The summed E-state index contributed by atoms with van der Waals surface area (Å²) >= 11 is -2.41. The second kappa shape index (κ2) is 11.8. The van der Waals surface area contributed by atoms with E-state index in [4.69, 9.17) is 4.42 Å². The molecule has 2 aromatic carbocycles. The van der Waals surface area contributed by atoms with Crippen LogP contribution in [0.2, 0.25) is 13.3 Å². The summed E-state index contributed by atoms with van der Waals surface area (Å²) in [6.45, 7) is 7.03. The van der Waals surface area contributed by atoms with Crippen molar-refractivity contribution in [1.29, 1.82) is 0 Å². The Labute approximate surface area is 187 Å². The van der Waals surface area contributed by atoms with Crippen LogP contribution in [0.15, 0.2) is 59.0 Å². The molecule has 3 aromatic rings. The molecule has 0 saturated carbocycles. The van der Waals surface area contributed by atoms with E-state index >= 15 is 0 Å². The summed E-state index contributed by atoms with van der Waals surface area (Å²) in [5, 5.41) is 1.23. The van der Waals surface area contributed by atoms with Crippen molar-refractivity contribution in [1.82, 2.24) is 0 Å². The third-order valence-electron chi connectivity index (χ3n) is 6.42. The fraction of sp³-hybridized carbons (Fsp3) is 0.429. The second-order valence-corrected chi connectivity index (χ2v) is 22.0. The molecule has 0 unspecified atom stereocenters. The first-order valence-electron chi connectivity index (χ1n) is 12.0. The molecular formula is C28H38OSn. The van der Waals surface area contributed by atoms with Crippen LogP contribution in [-0.4, -0.2) is 18.4 Å². The SMILES string of the molecule is CCC[CH2][Sn]([CH2]CCC)([CH2]CCC)[c]1ccc2cc(/C=C/c3ccccc3)oc2c1. The molecule has 3 rings (SSSR count). The molecule has 0 aliphatic heterocycles. The van der Waals surface area contributed by atoms with Crippen LogP contribution >= 0.6 is 0 Å². The van der Waals surface area contributed by atoms with Crippen molar-refractivity contribution >= 4 is 45.1 Å². The van der Waals surface area contributed by atoms with Gasteiger partial charge in [-0.05, 0) is 0 Å². The summed E-state index contributed by atoms with van der Waals surface area (Å²) in [6, 6.07) is 19.8. The first-order valence-corrected chi connectivity index (χ1v) is 19.5. The number of benzene rings is 2. The van der Waals surface area contributed by atoms with Gasteiger partial charge in [0.1, 0.15) is 0 Å². The van der Waals surface area contributed by atoms with Crippen LogP contribution in [0.4, 0.5) is 0 Å². The van der Waals surface area contributed by atoms with Crippen molar-refractivity contribution in [3.63, 3.8) is 0 Å². The quantitative estimate of drug-likeness (QED) is 0.223. The van der Waals surface area contributed by atoms with Crippen LogP contribution < -0.4 is 3.58 Å². The molecule has 1 heterocycles. The van der Waals surface area contributed by atoms with Crippen LogP contribution in [0, 0.1) is 0 Å². The summed E-state index contributed by atoms with van der Waals surface area (Å²) in [7, 11) is 0. The number of furan rings is 1. The molecular weight excluding hydrogens is 471 g/mol. The van der Waals surface area contributed by atoms with Crippen LogP contribution in [0.3, 0.4) is 0 Å². The molecule has 0 atom stereocenters. The minimum atomic E-state index is -2.41. The van der Waals surface area contributed by atoms with Gasteiger partial charge >= 0.3 is 188 Å². The van der Waals surface area contributed by atoms with E-state index in [9.17, 15) is 0 Å². The summed E-state index contributed by atoms with van der Waals surface area (Å²) in [5.74, 6) is 0.947. The van der Waals surface area contributed by atoms with E-state index in [2.05, 4.69) is 81.5 Å². The molecule has 0 saturated heterocycles. The molecule has 0 aliphatic rings. The molecule has 1 nitrogen and oxygen atoms in total. The van der Waals surface area contributed by atoms with Crippen LogP contribution in [-0.2, 0) is 0 Å². The van der Waals surface area contributed by atoms with Crippen molar-refractivity contribution in [2.75, 3.05) is 0 Å². The molecule has 0 N–H and O–H groups in total. The zero-order chi connectivity index (χ0) is 21.2. The molecule has 0 amide bonds. The first-order chi connectivity index (χ1) is 14.7. The van der Waals surface area contributed by atoms with Gasteiger partial charge in [0.05, 0.1) is 0 Å². The predicted octanol–water partition coefficient (Wildman–Crippen LogP) is 8.66. The van der Waals surface area contributed by atoms with Crippen LogP contribution in [0.1, 0.15) is 70.6 Å². The zero-order valence-electron chi connectivity index (χ0n) is 19.1. The van der Waals surface area contributed by atoms with E-state index in [0.717, 1.165) is 11.3 Å². The molecule has 2 heteroatoms. The van der Waals surface area contributed by atoms with E-state index < -0.39 is 18.4 Å². The average molecular weight is 509 g/mol. The Hall–Kier alpha value is -1.48. The van der Waals surface area contributed by atoms with Gasteiger partial charge in [-0.2, -0.15) is 0 Å². The average Bonchev–Trinajstić information content (AvgIpc) is 3.20. The Balaban J connectivity index is 1.92. The number of hydrogen-bond acceptors (Lipinski definition) is 1. The van der Waals surface area contributed by atoms with Crippen molar-refractivity contribution < 1.29 is 4.42 Å². The van der Waals surface area contributed by atoms with Gasteiger partial charge < -0.3 is 0 Å². The van der Waals surface area contributed by atoms with Gasteiger partial charge in [0.2, 0.25) is 0 Å². The Morgan fingerprint density at radius 3 is 1.97 bits per heavy atom.